The van der Waals surface area contributed by atoms with Gasteiger partial charge in [-0.1, -0.05) is 6.92 Å². The van der Waals surface area contributed by atoms with Gasteiger partial charge in [-0.25, -0.2) is 0 Å². The van der Waals surface area contributed by atoms with Crippen molar-refractivity contribution >= 4 is 0 Å². The molecule has 3 nitrogen and oxygen atoms in total. The molecule has 1 aliphatic rings. The molecule has 0 aromatic heterocycles. The molecule has 12 heavy (non-hydrogen) atoms. The lowest BCUT2D eigenvalue weighted by Crippen LogP contribution is -2.34. The van der Waals surface area contributed by atoms with E-state index >= 15 is 0 Å². The van der Waals surface area contributed by atoms with E-state index < -0.39 is 0 Å². The monoisotopic (exact) mass is 172 g/mol. The number of nitrogens with zero attached hydrogens (tertiary/aromatic N) is 1. The average Bonchev–Trinajstić information content (AvgIpc) is 2.56. The van der Waals surface area contributed by atoms with Crippen LogP contribution in [0, 0.1) is 5.92 Å². The van der Waals surface area contributed by atoms with E-state index in [1.54, 1.807) is 0 Å². The first kappa shape index (κ1) is 9.96. The van der Waals surface area contributed by atoms with Gasteiger partial charge in [0.05, 0.1) is 6.10 Å². The number of ether oxygens (including phenoxy) is 1. The van der Waals surface area contributed by atoms with Crippen LogP contribution in [0.2, 0.25) is 0 Å². The molecule has 0 radical (unpaired) electrons. The number of hydrogen-bond donors (Lipinski definition) is 1. The third kappa shape index (κ3) is 2.73. The third-order valence-electron chi connectivity index (χ3n) is 2.51. The summed E-state index contributed by atoms with van der Waals surface area (Å²) < 4.78 is 5.59. The molecule has 1 heterocycles. The number of nitrogens with two attached hydrogens (primary N) is 1. The normalized spacial score (nSPS) is 26.5. The van der Waals surface area contributed by atoms with E-state index in [-0.39, 0.29) is 0 Å². The second-order valence-electron chi connectivity index (χ2n) is 3.75. The molecule has 1 saturated heterocycles. The van der Waals surface area contributed by atoms with Gasteiger partial charge in [-0.15, -0.1) is 0 Å². The van der Waals surface area contributed by atoms with Crippen LogP contribution in [-0.2, 0) is 4.74 Å². The van der Waals surface area contributed by atoms with Gasteiger partial charge in [-0.2, -0.15) is 0 Å². The van der Waals surface area contributed by atoms with Gasteiger partial charge >= 0.3 is 0 Å². The zero-order valence-corrected chi connectivity index (χ0v) is 8.12. The number of hydrogen-bond acceptors (Lipinski definition) is 3. The summed E-state index contributed by atoms with van der Waals surface area (Å²) in [5.41, 5.74) is 5.50. The molecule has 2 unspecified atom stereocenters. The van der Waals surface area contributed by atoms with Crippen molar-refractivity contribution in [3.8, 4) is 0 Å². The minimum absolute atomic E-state index is 0.471. The quantitative estimate of drug-likeness (QED) is 0.633. The summed E-state index contributed by atoms with van der Waals surface area (Å²) in [6.45, 7) is 4.86. The summed E-state index contributed by atoms with van der Waals surface area (Å²) in [6, 6.07) is 0. The maximum absolute atomic E-state index is 5.59. The van der Waals surface area contributed by atoms with Crippen LogP contribution >= 0.6 is 0 Å². The Morgan fingerprint density at radius 3 is 2.92 bits per heavy atom. The van der Waals surface area contributed by atoms with Crippen LogP contribution in [0.25, 0.3) is 0 Å². The lowest BCUT2D eigenvalue weighted by Gasteiger charge is -2.23. The van der Waals surface area contributed by atoms with Crippen LogP contribution < -0.4 is 5.73 Å². The smallest absolute Gasteiger partial charge is 0.0613 e. The van der Waals surface area contributed by atoms with Crippen LogP contribution in [0.3, 0.4) is 0 Å². The molecule has 3 heteroatoms. The fraction of sp³-hybridized carbons (Fsp3) is 1.00. The van der Waals surface area contributed by atoms with Crippen molar-refractivity contribution < 1.29 is 4.74 Å². The zero-order chi connectivity index (χ0) is 8.97. The van der Waals surface area contributed by atoms with Crippen molar-refractivity contribution in [2.45, 2.75) is 25.9 Å². The Labute approximate surface area is 74.9 Å². The number of rotatable bonds is 4. The van der Waals surface area contributed by atoms with Gasteiger partial charge in [0.1, 0.15) is 0 Å². The van der Waals surface area contributed by atoms with Crippen LogP contribution in [0.15, 0.2) is 0 Å². The fourth-order valence-electron chi connectivity index (χ4n) is 1.74. The first-order valence-electron chi connectivity index (χ1n) is 4.74. The highest BCUT2D eigenvalue weighted by atomic mass is 16.5. The Balaban J connectivity index is 2.21. The minimum Gasteiger partial charge on any atom is -0.378 e. The highest BCUT2D eigenvalue weighted by molar-refractivity contribution is 4.73. The van der Waals surface area contributed by atoms with E-state index in [9.17, 15) is 0 Å². The zero-order valence-electron chi connectivity index (χ0n) is 8.12. The van der Waals surface area contributed by atoms with E-state index in [4.69, 9.17) is 10.5 Å². The van der Waals surface area contributed by atoms with Crippen LogP contribution in [0.4, 0.5) is 0 Å². The molecule has 2 N–H and O–H groups in total. The fourth-order valence-corrected chi connectivity index (χ4v) is 1.74. The van der Waals surface area contributed by atoms with Crippen LogP contribution in [0.1, 0.15) is 19.8 Å². The van der Waals surface area contributed by atoms with E-state index in [0.29, 0.717) is 18.7 Å². The van der Waals surface area contributed by atoms with E-state index in [1.165, 1.54) is 12.8 Å². The molecule has 1 fully saturated rings. The topological polar surface area (TPSA) is 38.5 Å². The van der Waals surface area contributed by atoms with Crippen LogP contribution in [-0.4, -0.2) is 37.9 Å². The van der Waals surface area contributed by atoms with E-state index in [2.05, 4.69) is 11.8 Å². The van der Waals surface area contributed by atoms with Gasteiger partial charge in [0.25, 0.3) is 0 Å². The molecule has 0 saturated carbocycles. The second-order valence-corrected chi connectivity index (χ2v) is 3.75. The van der Waals surface area contributed by atoms with Gasteiger partial charge in [0, 0.05) is 19.8 Å². The predicted octanol–water partition coefficient (Wildman–Crippen LogP) is 0.649. The molecule has 0 amide bonds. The summed E-state index contributed by atoms with van der Waals surface area (Å²) in [5.74, 6) is 0.612. The van der Waals surface area contributed by atoms with Gasteiger partial charge in [0.2, 0.25) is 0 Å². The Bertz CT molecular complexity index is 124. The minimum atomic E-state index is 0.471. The standard InChI is InChI=1S/C9H20N2O/c1-8(6-11(2)7-10)9-4-3-5-12-9/h8-9H,3-7,10H2,1-2H3. The SMILES string of the molecule is CC(CN(C)CN)C1CCCO1. The van der Waals surface area contributed by atoms with Crippen molar-refractivity contribution in [2.24, 2.45) is 11.7 Å². The first-order valence-corrected chi connectivity index (χ1v) is 4.74. The third-order valence-corrected chi connectivity index (χ3v) is 2.51. The highest BCUT2D eigenvalue weighted by Crippen LogP contribution is 2.20. The van der Waals surface area contributed by atoms with Gasteiger partial charge in [-0.3, -0.25) is 4.90 Å². The molecule has 0 aliphatic carbocycles. The molecule has 0 aromatic rings. The summed E-state index contributed by atoms with van der Waals surface area (Å²) in [6.07, 6.45) is 2.92. The van der Waals surface area contributed by atoms with Crippen molar-refractivity contribution in [3.05, 3.63) is 0 Å². The Hall–Kier alpha value is -0.120. The van der Waals surface area contributed by atoms with Crippen LogP contribution in [0.5, 0.6) is 0 Å². The average molecular weight is 172 g/mol. The molecule has 0 aromatic carbocycles. The first-order chi connectivity index (χ1) is 5.74. The van der Waals surface area contributed by atoms with Gasteiger partial charge in [-0.05, 0) is 25.8 Å². The largest absolute Gasteiger partial charge is 0.378 e. The molecule has 1 aliphatic heterocycles. The van der Waals surface area contributed by atoms with Gasteiger partial charge < -0.3 is 10.5 Å². The maximum atomic E-state index is 5.59. The van der Waals surface area contributed by atoms with E-state index in [1.807, 2.05) is 7.05 Å². The van der Waals surface area contributed by atoms with Crippen molar-refractivity contribution in [3.63, 3.8) is 0 Å². The second kappa shape index (κ2) is 4.80. The molecule has 0 spiro atoms. The molecule has 2 atom stereocenters. The Kier molecular flexibility index (Phi) is 3.98. The molecule has 72 valence electrons. The Morgan fingerprint density at radius 1 is 1.67 bits per heavy atom. The lowest BCUT2D eigenvalue weighted by molar-refractivity contribution is 0.0567. The lowest BCUT2D eigenvalue weighted by atomic mass is 10.0. The van der Waals surface area contributed by atoms with Crippen molar-refractivity contribution in [1.29, 1.82) is 0 Å². The Morgan fingerprint density at radius 2 is 2.42 bits per heavy atom. The molecular weight excluding hydrogens is 152 g/mol. The molecule has 0 bridgehead atoms. The highest BCUT2D eigenvalue weighted by Gasteiger charge is 2.22. The van der Waals surface area contributed by atoms with Crippen molar-refractivity contribution in [2.75, 3.05) is 26.9 Å². The molecule has 1 rings (SSSR count). The predicted molar refractivity (Wildman–Crippen MR) is 49.8 cm³/mol. The van der Waals surface area contributed by atoms with Crippen molar-refractivity contribution in [1.82, 2.24) is 4.90 Å². The summed E-state index contributed by atoms with van der Waals surface area (Å²) in [7, 11) is 2.05. The van der Waals surface area contributed by atoms with Gasteiger partial charge in [0.15, 0.2) is 0 Å². The summed E-state index contributed by atoms with van der Waals surface area (Å²) >= 11 is 0. The summed E-state index contributed by atoms with van der Waals surface area (Å²) in [5, 5.41) is 0. The summed E-state index contributed by atoms with van der Waals surface area (Å²) in [4.78, 5) is 2.13. The van der Waals surface area contributed by atoms with E-state index in [0.717, 1.165) is 13.2 Å². The maximum Gasteiger partial charge on any atom is 0.0613 e. The molecular formula is C9H20N2O.